The molecule has 2 rings (SSSR count). The molecule has 0 amide bonds. The maximum atomic E-state index is 11.4. The summed E-state index contributed by atoms with van der Waals surface area (Å²) in [5, 5.41) is 3.43. The number of halogens is 1. The van der Waals surface area contributed by atoms with Crippen molar-refractivity contribution in [2.45, 2.75) is 25.8 Å². The number of hydrogen-bond donors (Lipinski definition) is 1. The van der Waals surface area contributed by atoms with Crippen LogP contribution in [0.5, 0.6) is 0 Å². The summed E-state index contributed by atoms with van der Waals surface area (Å²) in [5.74, 6) is 0.659. The number of carbonyl (C=O) groups is 1. The predicted octanol–water partition coefficient (Wildman–Crippen LogP) is 3.13. The SMILES string of the molecule is COC(=O)c1ccc(CNCCC2CC2)c(Br)c1. The first kappa shape index (κ1) is 13.6. The van der Waals surface area contributed by atoms with E-state index < -0.39 is 0 Å². The molecule has 0 atom stereocenters. The van der Waals surface area contributed by atoms with Gasteiger partial charge in [0.1, 0.15) is 0 Å². The first-order valence-corrected chi connectivity index (χ1v) is 7.07. The number of ether oxygens (including phenoxy) is 1. The lowest BCUT2D eigenvalue weighted by Gasteiger charge is -2.08. The molecule has 0 heterocycles. The molecular formula is C14H18BrNO2. The highest BCUT2D eigenvalue weighted by Gasteiger charge is 2.20. The van der Waals surface area contributed by atoms with E-state index in [2.05, 4.69) is 26.0 Å². The van der Waals surface area contributed by atoms with E-state index in [9.17, 15) is 4.79 Å². The molecule has 0 radical (unpaired) electrons. The molecule has 1 aliphatic rings. The van der Waals surface area contributed by atoms with Gasteiger partial charge in [-0.05, 0) is 36.6 Å². The summed E-state index contributed by atoms with van der Waals surface area (Å²) in [5.41, 5.74) is 1.74. The number of rotatable bonds is 6. The highest BCUT2D eigenvalue weighted by molar-refractivity contribution is 9.10. The molecule has 18 heavy (non-hydrogen) atoms. The van der Waals surface area contributed by atoms with Gasteiger partial charge in [0.05, 0.1) is 12.7 Å². The summed E-state index contributed by atoms with van der Waals surface area (Å²) in [4.78, 5) is 11.4. The second-order valence-corrected chi connectivity index (χ2v) is 5.56. The summed E-state index contributed by atoms with van der Waals surface area (Å²) >= 11 is 3.49. The Morgan fingerprint density at radius 1 is 1.50 bits per heavy atom. The van der Waals surface area contributed by atoms with Gasteiger partial charge in [-0.1, -0.05) is 34.8 Å². The Kier molecular flexibility index (Phi) is 4.78. The Bertz CT molecular complexity index is 430. The van der Waals surface area contributed by atoms with Crippen LogP contribution in [0.3, 0.4) is 0 Å². The minimum Gasteiger partial charge on any atom is -0.465 e. The van der Waals surface area contributed by atoms with Crippen LogP contribution in [0.1, 0.15) is 35.2 Å². The summed E-state index contributed by atoms with van der Waals surface area (Å²) < 4.78 is 5.64. The van der Waals surface area contributed by atoms with Crippen LogP contribution in [-0.2, 0) is 11.3 Å². The van der Waals surface area contributed by atoms with Gasteiger partial charge in [0.2, 0.25) is 0 Å². The lowest BCUT2D eigenvalue weighted by Crippen LogP contribution is -2.15. The number of carbonyl (C=O) groups excluding carboxylic acids is 1. The van der Waals surface area contributed by atoms with Gasteiger partial charge >= 0.3 is 5.97 Å². The highest BCUT2D eigenvalue weighted by Crippen LogP contribution is 2.31. The fraction of sp³-hybridized carbons (Fsp3) is 0.500. The second kappa shape index (κ2) is 6.34. The van der Waals surface area contributed by atoms with Crippen LogP contribution in [0.4, 0.5) is 0 Å². The number of methoxy groups -OCH3 is 1. The van der Waals surface area contributed by atoms with Crippen molar-refractivity contribution in [1.29, 1.82) is 0 Å². The topological polar surface area (TPSA) is 38.3 Å². The summed E-state index contributed by atoms with van der Waals surface area (Å²) in [6.07, 6.45) is 4.08. The smallest absolute Gasteiger partial charge is 0.337 e. The molecule has 0 aromatic heterocycles. The average Bonchev–Trinajstić information content (AvgIpc) is 3.19. The van der Waals surface area contributed by atoms with E-state index in [0.29, 0.717) is 5.56 Å². The largest absolute Gasteiger partial charge is 0.465 e. The zero-order valence-corrected chi connectivity index (χ0v) is 12.1. The van der Waals surface area contributed by atoms with Gasteiger partial charge in [-0.3, -0.25) is 0 Å². The first-order chi connectivity index (χ1) is 8.70. The molecule has 4 heteroatoms. The molecule has 1 N–H and O–H groups in total. The van der Waals surface area contributed by atoms with Gasteiger partial charge in [0.25, 0.3) is 0 Å². The van der Waals surface area contributed by atoms with Crippen LogP contribution in [0.15, 0.2) is 22.7 Å². The molecule has 3 nitrogen and oxygen atoms in total. The summed E-state index contributed by atoms with van der Waals surface area (Å²) in [6.45, 7) is 1.89. The van der Waals surface area contributed by atoms with Crippen molar-refractivity contribution in [3.63, 3.8) is 0 Å². The van der Waals surface area contributed by atoms with Crippen molar-refractivity contribution in [2.75, 3.05) is 13.7 Å². The molecule has 1 saturated carbocycles. The summed E-state index contributed by atoms with van der Waals surface area (Å²) in [6, 6.07) is 5.57. The molecule has 0 bridgehead atoms. The lowest BCUT2D eigenvalue weighted by molar-refractivity contribution is 0.0600. The molecule has 1 aromatic carbocycles. The number of hydrogen-bond acceptors (Lipinski definition) is 3. The van der Waals surface area contributed by atoms with Crippen LogP contribution in [0.25, 0.3) is 0 Å². The van der Waals surface area contributed by atoms with Crippen molar-refractivity contribution >= 4 is 21.9 Å². The molecule has 0 unspecified atom stereocenters. The molecule has 1 aromatic rings. The normalized spacial score (nSPS) is 14.6. The van der Waals surface area contributed by atoms with Gasteiger partial charge in [-0.25, -0.2) is 4.79 Å². The molecule has 0 saturated heterocycles. The van der Waals surface area contributed by atoms with Crippen LogP contribution in [0, 0.1) is 5.92 Å². The van der Waals surface area contributed by atoms with Crippen LogP contribution < -0.4 is 5.32 Å². The highest BCUT2D eigenvalue weighted by atomic mass is 79.9. The van der Waals surface area contributed by atoms with E-state index >= 15 is 0 Å². The molecule has 98 valence electrons. The van der Waals surface area contributed by atoms with E-state index in [4.69, 9.17) is 0 Å². The maximum Gasteiger partial charge on any atom is 0.337 e. The number of nitrogens with one attached hydrogen (secondary N) is 1. The van der Waals surface area contributed by atoms with Gasteiger partial charge in [-0.15, -0.1) is 0 Å². The Morgan fingerprint density at radius 3 is 2.89 bits per heavy atom. The van der Waals surface area contributed by atoms with Crippen LogP contribution in [-0.4, -0.2) is 19.6 Å². The third kappa shape index (κ3) is 3.82. The standard InChI is InChI=1S/C14H18BrNO2/c1-18-14(17)11-4-5-12(13(15)8-11)9-16-7-6-10-2-3-10/h4-5,8,10,16H,2-3,6-7,9H2,1H3. The number of esters is 1. The Hall–Kier alpha value is -0.870. The monoisotopic (exact) mass is 311 g/mol. The third-order valence-electron chi connectivity index (χ3n) is 3.22. The van der Waals surface area contributed by atoms with Gasteiger partial charge < -0.3 is 10.1 Å². The lowest BCUT2D eigenvalue weighted by atomic mass is 10.1. The summed E-state index contributed by atoms with van der Waals surface area (Å²) in [7, 11) is 1.39. The second-order valence-electron chi connectivity index (χ2n) is 4.71. The Morgan fingerprint density at radius 2 is 2.28 bits per heavy atom. The quantitative estimate of drug-likeness (QED) is 0.648. The number of benzene rings is 1. The fourth-order valence-electron chi connectivity index (χ4n) is 1.87. The molecule has 1 aliphatic carbocycles. The van der Waals surface area contributed by atoms with E-state index in [1.807, 2.05) is 12.1 Å². The average molecular weight is 312 g/mol. The van der Waals surface area contributed by atoms with E-state index in [0.717, 1.165) is 23.5 Å². The van der Waals surface area contributed by atoms with Gasteiger partial charge in [-0.2, -0.15) is 0 Å². The van der Waals surface area contributed by atoms with Crippen molar-refractivity contribution < 1.29 is 9.53 Å². The third-order valence-corrected chi connectivity index (χ3v) is 3.95. The first-order valence-electron chi connectivity index (χ1n) is 6.28. The zero-order valence-electron chi connectivity index (χ0n) is 10.5. The van der Waals surface area contributed by atoms with E-state index in [-0.39, 0.29) is 5.97 Å². The Labute approximate surface area is 116 Å². The minimum absolute atomic E-state index is 0.302. The molecule has 0 spiro atoms. The zero-order chi connectivity index (χ0) is 13.0. The van der Waals surface area contributed by atoms with E-state index in [1.54, 1.807) is 6.07 Å². The minimum atomic E-state index is -0.302. The van der Waals surface area contributed by atoms with Crippen molar-refractivity contribution in [3.05, 3.63) is 33.8 Å². The maximum absolute atomic E-state index is 11.4. The van der Waals surface area contributed by atoms with Gasteiger partial charge in [0, 0.05) is 11.0 Å². The molecule has 1 fully saturated rings. The molecule has 0 aliphatic heterocycles. The van der Waals surface area contributed by atoms with Crippen LogP contribution in [0.2, 0.25) is 0 Å². The van der Waals surface area contributed by atoms with Crippen molar-refractivity contribution in [3.8, 4) is 0 Å². The van der Waals surface area contributed by atoms with E-state index in [1.165, 1.54) is 31.9 Å². The van der Waals surface area contributed by atoms with Gasteiger partial charge in [0.15, 0.2) is 0 Å². The van der Waals surface area contributed by atoms with Crippen molar-refractivity contribution in [1.82, 2.24) is 5.32 Å². The molecular weight excluding hydrogens is 294 g/mol. The Balaban J connectivity index is 1.85. The van der Waals surface area contributed by atoms with Crippen molar-refractivity contribution in [2.24, 2.45) is 5.92 Å². The van der Waals surface area contributed by atoms with Crippen LogP contribution >= 0.6 is 15.9 Å². The predicted molar refractivity (Wildman–Crippen MR) is 74.5 cm³/mol. The fourth-order valence-corrected chi connectivity index (χ4v) is 2.39.